The Hall–Kier alpha value is -1.31. The van der Waals surface area contributed by atoms with E-state index in [1.54, 1.807) is 0 Å². The van der Waals surface area contributed by atoms with Gasteiger partial charge in [-0.3, -0.25) is 9.59 Å². The standard InChI is InChI=1S/C9H15F3N2O3/c1-6(8(16)17)2-3-14-7(15)4-13-5-9(10,11)12/h6,13H,2-5H2,1H3,(H,14,15)(H,16,17). The number of carbonyl (C=O) groups excluding carboxylic acids is 1. The van der Waals surface area contributed by atoms with Crippen molar-refractivity contribution in [1.29, 1.82) is 0 Å². The van der Waals surface area contributed by atoms with Crippen LogP contribution in [0.1, 0.15) is 13.3 Å². The van der Waals surface area contributed by atoms with E-state index in [-0.39, 0.29) is 13.0 Å². The Morgan fingerprint density at radius 3 is 2.41 bits per heavy atom. The van der Waals surface area contributed by atoms with Crippen LogP contribution in [0.2, 0.25) is 0 Å². The van der Waals surface area contributed by atoms with Crippen molar-refractivity contribution in [2.24, 2.45) is 5.92 Å². The number of hydrogen-bond donors (Lipinski definition) is 3. The zero-order chi connectivity index (χ0) is 13.5. The first-order chi connectivity index (χ1) is 7.72. The first-order valence-electron chi connectivity index (χ1n) is 4.99. The van der Waals surface area contributed by atoms with E-state index in [9.17, 15) is 22.8 Å². The Balaban J connectivity index is 3.57. The molecule has 0 saturated heterocycles. The van der Waals surface area contributed by atoms with Crippen LogP contribution >= 0.6 is 0 Å². The Morgan fingerprint density at radius 1 is 1.35 bits per heavy atom. The lowest BCUT2D eigenvalue weighted by molar-refractivity contribution is -0.141. The largest absolute Gasteiger partial charge is 0.481 e. The quantitative estimate of drug-likeness (QED) is 0.614. The highest BCUT2D eigenvalue weighted by atomic mass is 19.4. The van der Waals surface area contributed by atoms with Gasteiger partial charge in [0.25, 0.3) is 0 Å². The van der Waals surface area contributed by atoms with E-state index in [4.69, 9.17) is 5.11 Å². The van der Waals surface area contributed by atoms with Crippen molar-refractivity contribution >= 4 is 11.9 Å². The van der Waals surface area contributed by atoms with Gasteiger partial charge < -0.3 is 15.7 Å². The van der Waals surface area contributed by atoms with Gasteiger partial charge in [-0.05, 0) is 6.42 Å². The van der Waals surface area contributed by atoms with Crippen LogP contribution in [-0.4, -0.2) is 42.8 Å². The fourth-order valence-electron chi connectivity index (χ4n) is 0.932. The molecule has 0 bridgehead atoms. The molecule has 0 aliphatic heterocycles. The minimum Gasteiger partial charge on any atom is -0.481 e. The summed E-state index contributed by atoms with van der Waals surface area (Å²) in [6, 6.07) is 0. The third-order valence-electron chi connectivity index (χ3n) is 1.93. The molecule has 0 aliphatic rings. The van der Waals surface area contributed by atoms with Crippen LogP contribution < -0.4 is 10.6 Å². The molecule has 0 aromatic carbocycles. The molecule has 0 aliphatic carbocycles. The molecule has 0 rings (SSSR count). The van der Waals surface area contributed by atoms with E-state index in [1.807, 2.05) is 5.32 Å². The fraction of sp³-hybridized carbons (Fsp3) is 0.778. The third kappa shape index (κ3) is 9.61. The average molecular weight is 256 g/mol. The number of amides is 1. The van der Waals surface area contributed by atoms with Crippen LogP contribution in [-0.2, 0) is 9.59 Å². The lowest BCUT2D eigenvalue weighted by Gasteiger charge is -2.09. The Labute approximate surface area is 96.4 Å². The van der Waals surface area contributed by atoms with E-state index in [0.717, 1.165) is 0 Å². The Morgan fingerprint density at radius 2 is 1.94 bits per heavy atom. The highest BCUT2D eigenvalue weighted by Gasteiger charge is 2.26. The summed E-state index contributed by atoms with van der Waals surface area (Å²) in [7, 11) is 0. The number of hydrogen-bond acceptors (Lipinski definition) is 3. The molecule has 1 amide bonds. The van der Waals surface area contributed by atoms with Crippen LogP contribution in [0.15, 0.2) is 0 Å². The molecule has 0 heterocycles. The predicted octanol–water partition coefficient (Wildman–Crippen LogP) is 0.365. The molecule has 0 radical (unpaired) electrons. The monoisotopic (exact) mass is 256 g/mol. The summed E-state index contributed by atoms with van der Waals surface area (Å²) in [5.74, 6) is -2.17. The topological polar surface area (TPSA) is 78.4 Å². The van der Waals surface area contributed by atoms with E-state index in [2.05, 4.69) is 5.32 Å². The number of carboxylic acids is 1. The van der Waals surface area contributed by atoms with Crippen molar-refractivity contribution < 1.29 is 27.9 Å². The molecule has 0 fully saturated rings. The summed E-state index contributed by atoms with van der Waals surface area (Å²) >= 11 is 0. The minimum absolute atomic E-state index is 0.125. The van der Waals surface area contributed by atoms with Crippen molar-refractivity contribution in [3.8, 4) is 0 Å². The molecule has 0 saturated carbocycles. The van der Waals surface area contributed by atoms with Crippen molar-refractivity contribution in [3.63, 3.8) is 0 Å². The number of halogens is 3. The zero-order valence-electron chi connectivity index (χ0n) is 9.30. The van der Waals surface area contributed by atoms with Crippen molar-refractivity contribution in [1.82, 2.24) is 10.6 Å². The maximum Gasteiger partial charge on any atom is 0.401 e. The van der Waals surface area contributed by atoms with Crippen LogP contribution in [0.3, 0.4) is 0 Å². The number of aliphatic carboxylic acids is 1. The second-order valence-electron chi connectivity index (χ2n) is 3.60. The minimum atomic E-state index is -4.35. The van der Waals surface area contributed by atoms with Gasteiger partial charge in [-0.2, -0.15) is 13.2 Å². The molecule has 100 valence electrons. The summed E-state index contributed by atoms with van der Waals surface area (Å²) in [6.07, 6.45) is -4.11. The normalized spacial score (nSPS) is 13.2. The molecule has 5 nitrogen and oxygen atoms in total. The Bertz CT molecular complexity index is 269. The van der Waals surface area contributed by atoms with Crippen LogP contribution in [0.25, 0.3) is 0 Å². The third-order valence-corrected chi connectivity index (χ3v) is 1.93. The van der Waals surface area contributed by atoms with E-state index in [0.29, 0.717) is 0 Å². The molecular weight excluding hydrogens is 241 g/mol. The SMILES string of the molecule is CC(CCNC(=O)CNCC(F)(F)F)C(=O)O. The number of rotatable bonds is 7. The van der Waals surface area contributed by atoms with Gasteiger partial charge in [0.2, 0.25) is 5.91 Å². The average Bonchev–Trinajstić information content (AvgIpc) is 2.15. The molecule has 1 atom stereocenters. The van der Waals surface area contributed by atoms with Crippen molar-refractivity contribution in [3.05, 3.63) is 0 Å². The van der Waals surface area contributed by atoms with Crippen LogP contribution in [0.5, 0.6) is 0 Å². The fourth-order valence-corrected chi connectivity index (χ4v) is 0.932. The van der Waals surface area contributed by atoms with Gasteiger partial charge in [-0.15, -0.1) is 0 Å². The van der Waals surface area contributed by atoms with Gasteiger partial charge in [0.15, 0.2) is 0 Å². The summed E-state index contributed by atoms with van der Waals surface area (Å²) in [5.41, 5.74) is 0. The van der Waals surface area contributed by atoms with Gasteiger partial charge in [0.1, 0.15) is 0 Å². The summed E-state index contributed by atoms with van der Waals surface area (Å²) in [4.78, 5) is 21.4. The number of alkyl halides is 3. The number of nitrogens with one attached hydrogen (secondary N) is 2. The molecule has 0 aromatic rings. The van der Waals surface area contributed by atoms with E-state index < -0.39 is 37.1 Å². The highest BCUT2D eigenvalue weighted by Crippen LogP contribution is 2.11. The molecule has 17 heavy (non-hydrogen) atoms. The van der Waals surface area contributed by atoms with Crippen molar-refractivity contribution in [2.75, 3.05) is 19.6 Å². The van der Waals surface area contributed by atoms with Gasteiger partial charge in [0, 0.05) is 6.54 Å². The van der Waals surface area contributed by atoms with Gasteiger partial charge in [-0.25, -0.2) is 0 Å². The molecular formula is C9H15F3N2O3. The number of carbonyl (C=O) groups is 2. The molecule has 1 unspecified atom stereocenters. The smallest absolute Gasteiger partial charge is 0.401 e. The summed E-state index contributed by atoms with van der Waals surface area (Å²) in [5, 5.41) is 12.8. The summed E-state index contributed by atoms with van der Waals surface area (Å²) in [6.45, 7) is -0.0662. The molecule has 8 heteroatoms. The van der Waals surface area contributed by atoms with Gasteiger partial charge in [0.05, 0.1) is 19.0 Å². The predicted molar refractivity (Wildman–Crippen MR) is 53.4 cm³/mol. The second kappa shape index (κ2) is 7.10. The molecule has 0 aromatic heterocycles. The van der Waals surface area contributed by atoms with Gasteiger partial charge in [-0.1, -0.05) is 6.92 Å². The lowest BCUT2D eigenvalue weighted by Crippen LogP contribution is -2.38. The summed E-state index contributed by atoms with van der Waals surface area (Å²) < 4.78 is 35.1. The van der Waals surface area contributed by atoms with Crippen LogP contribution in [0.4, 0.5) is 13.2 Å². The Kier molecular flexibility index (Phi) is 6.55. The maximum atomic E-state index is 11.7. The van der Waals surface area contributed by atoms with E-state index in [1.165, 1.54) is 6.92 Å². The molecule has 0 spiro atoms. The first-order valence-corrected chi connectivity index (χ1v) is 4.99. The van der Waals surface area contributed by atoms with Gasteiger partial charge >= 0.3 is 12.1 Å². The second-order valence-corrected chi connectivity index (χ2v) is 3.60. The lowest BCUT2D eigenvalue weighted by atomic mass is 10.1. The highest BCUT2D eigenvalue weighted by molar-refractivity contribution is 5.78. The van der Waals surface area contributed by atoms with E-state index >= 15 is 0 Å². The molecule has 3 N–H and O–H groups in total. The first kappa shape index (κ1) is 15.7. The maximum absolute atomic E-state index is 11.7. The zero-order valence-corrected chi connectivity index (χ0v) is 9.30. The van der Waals surface area contributed by atoms with Crippen molar-refractivity contribution in [2.45, 2.75) is 19.5 Å². The van der Waals surface area contributed by atoms with Crippen LogP contribution in [0, 0.1) is 5.92 Å². The number of carboxylic acid groups (broad SMARTS) is 1.